The number of carbonyl (C=O) groups is 1. The molecule has 0 amide bonds. The van der Waals surface area contributed by atoms with Gasteiger partial charge in [-0.05, 0) is 48.0 Å². The molecule has 35 heavy (non-hydrogen) atoms. The third-order valence-electron chi connectivity index (χ3n) is 5.00. The number of sulfone groups is 1. The Hall–Kier alpha value is -3.35. The number of aliphatic carboxylic acids is 1. The number of hydrogen-bond acceptors (Lipinski definition) is 6. The zero-order valence-electron chi connectivity index (χ0n) is 18.6. The van der Waals surface area contributed by atoms with Crippen LogP contribution in [0, 0.1) is 11.6 Å². The van der Waals surface area contributed by atoms with Crippen molar-refractivity contribution >= 4 is 25.8 Å². The van der Waals surface area contributed by atoms with E-state index in [1.807, 2.05) is 0 Å². The quantitative estimate of drug-likeness (QED) is 0.455. The van der Waals surface area contributed by atoms with E-state index in [0.29, 0.717) is 11.6 Å². The Labute approximate surface area is 201 Å². The number of benzene rings is 3. The molecule has 12 heteroatoms. The molecule has 8 nitrogen and oxygen atoms in total. The van der Waals surface area contributed by atoms with Gasteiger partial charge in [0.2, 0.25) is 16.1 Å². The molecule has 3 aromatic rings. The minimum absolute atomic E-state index is 0.0505. The van der Waals surface area contributed by atoms with Gasteiger partial charge in [0.05, 0.1) is 9.79 Å². The fourth-order valence-corrected chi connectivity index (χ4v) is 4.99. The van der Waals surface area contributed by atoms with Gasteiger partial charge in [-0.25, -0.2) is 30.4 Å². The maximum absolute atomic E-state index is 13.5. The van der Waals surface area contributed by atoms with Gasteiger partial charge in [0.25, 0.3) is 0 Å². The number of sulfonamides is 1. The summed E-state index contributed by atoms with van der Waals surface area (Å²) in [5.74, 6) is -3.63. The fraction of sp³-hybridized carbons (Fsp3) is 0.174. The van der Waals surface area contributed by atoms with Crippen molar-refractivity contribution in [2.75, 3.05) is 13.3 Å². The van der Waals surface area contributed by atoms with E-state index >= 15 is 0 Å². The molecule has 1 N–H and O–H groups in total. The van der Waals surface area contributed by atoms with E-state index in [2.05, 4.69) is 0 Å². The molecule has 0 saturated heterocycles. The zero-order chi connectivity index (χ0) is 26.0. The molecular weight excluding hydrogens is 504 g/mol. The molecular formula is C23H21F2NO7S2. The molecule has 0 saturated carbocycles. The second-order valence-corrected chi connectivity index (χ2v) is 11.7. The van der Waals surface area contributed by atoms with Crippen LogP contribution in [0.2, 0.25) is 0 Å². The van der Waals surface area contributed by atoms with Gasteiger partial charge in [-0.3, -0.25) is 0 Å². The van der Waals surface area contributed by atoms with Gasteiger partial charge in [-0.1, -0.05) is 24.3 Å². The van der Waals surface area contributed by atoms with E-state index < -0.39 is 48.5 Å². The Morgan fingerprint density at radius 3 is 2.17 bits per heavy atom. The first-order valence-electron chi connectivity index (χ1n) is 9.99. The van der Waals surface area contributed by atoms with E-state index in [1.54, 1.807) is 0 Å². The molecule has 186 valence electrons. The lowest BCUT2D eigenvalue weighted by Crippen LogP contribution is -2.26. The van der Waals surface area contributed by atoms with Crippen molar-refractivity contribution in [2.45, 2.75) is 22.4 Å². The van der Waals surface area contributed by atoms with E-state index in [-0.39, 0.29) is 22.8 Å². The number of carboxylic acid groups (broad SMARTS) is 1. The molecule has 0 aromatic heterocycles. The standard InChI is InChI=1S/C23H21F2NO7S2/c1-26(35(31,32)19-10-11-20(24)21(25)13-19)14-15-6-8-17(9-7-15)33-22(23(27)28)16-4-3-5-18(12-16)34(2,29)30/h3-13,22H,14H2,1-2H3,(H,27,28). The van der Waals surface area contributed by atoms with E-state index in [0.717, 1.165) is 22.7 Å². The van der Waals surface area contributed by atoms with Crippen LogP contribution in [0.3, 0.4) is 0 Å². The summed E-state index contributed by atoms with van der Waals surface area (Å²) < 4.78 is 82.0. The summed E-state index contributed by atoms with van der Waals surface area (Å²) in [6, 6.07) is 13.6. The lowest BCUT2D eigenvalue weighted by Gasteiger charge is -2.19. The number of rotatable bonds is 9. The average Bonchev–Trinajstić information content (AvgIpc) is 2.79. The van der Waals surface area contributed by atoms with Crippen molar-refractivity contribution < 1.29 is 40.3 Å². The van der Waals surface area contributed by atoms with Crippen LogP contribution in [0.1, 0.15) is 17.2 Å². The largest absolute Gasteiger partial charge is 0.478 e. The van der Waals surface area contributed by atoms with Gasteiger partial charge in [0.1, 0.15) is 5.75 Å². The van der Waals surface area contributed by atoms with E-state index in [1.165, 1.54) is 55.6 Å². The summed E-state index contributed by atoms with van der Waals surface area (Å²) in [4.78, 5) is 11.3. The first kappa shape index (κ1) is 26.3. The zero-order valence-corrected chi connectivity index (χ0v) is 20.2. The Bertz CT molecular complexity index is 1460. The van der Waals surface area contributed by atoms with Crippen LogP contribution >= 0.6 is 0 Å². The minimum Gasteiger partial charge on any atom is -0.478 e. The molecule has 1 atom stereocenters. The van der Waals surface area contributed by atoms with Crippen LogP contribution in [0.4, 0.5) is 8.78 Å². The van der Waals surface area contributed by atoms with Crippen molar-refractivity contribution in [1.29, 1.82) is 0 Å². The van der Waals surface area contributed by atoms with Gasteiger partial charge < -0.3 is 9.84 Å². The first-order chi connectivity index (χ1) is 16.3. The Morgan fingerprint density at radius 2 is 1.60 bits per heavy atom. The highest BCUT2D eigenvalue weighted by atomic mass is 32.2. The number of nitrogens with zero attached hydrogens (tertiary/aromatic N) is 1. The third-order valence-corrected chi connectivity index (χ3v) is 7.90. The lowest BCUT2D eigenvalue weighted by atomic mass is 10.1. The minimum atomic E-state index is -4.10. The predicted octanol–water partition coefficient (Wildman–Crippen LogP) is 3.39. The molecule has 3 aromatic carbocycles. The smallest absolute Gasteiger partial charge is 0.349 e. The van der Waals surface area contributed by atoms with Crippen LogP contribution in [-0.2, 0) is 31.2 Å². The van der Waals surface area contributed by atoms with Gasteiger partial charge in [-0.15, -0.1) is 0 Å². The number of hydrogen-bond donors (Lipinski definition) is 1. The van der Waals surface area contributed by atoms with Crippen LogP contribution in [0.15, 0.2) is 76.5 Å². The topological polar surface area (TPSA) is 118 Å². The summed E-state index contributed by atoms with van der Waals surface area (Å²) in [5, 5.41) is 9.59. The van der Waals surface area contributed by atoms with Crippen LogP contribution < -0.4 is 4.74 Å². The second kappa shape index (κ2) is 10.1. The van der Waals surface area contributed by atoms with Crippen molar-refractivity contribution in [3.05, 3.63) is 89.5 Å². The SMILES string of the molecule is CN(Cc1ccc(OC(C(=O)O)c2cccc(S(C)(=O)=O)c2)cc1)S(=O)(=O)c1ccc(F)c(F)c1. The summed E-state index contributed by atoms with van der Waals surface area (Å²) in [7, 11) is -6.38. The van der Waals surface area contributed by atoms with Crippen LogP contribution in [0.5, 0.6) is 5.75 Å². The Morgan fingerprint density at radius 1 is 0.943 bits per heavy atom. The predicted molar refractivity (Wildman–Crippen MR) is 122 cm³/mol. The highest BCUT2D eigenvalue weighted by molar-refractivity contribution is 7.90. The number of halogens is 2. The van der Waals surface area contributed by atoms with Crippen molar-refractivity contribution in [3.8, 4) is 5.75 Å². The van der Waals surface area contributed by atoms with Gasteiger partial charge in [0.15, 0.2) is 21.5 Å². The van der Waals surface area contributed by atoms with Crippen LogP contribution in [-0.4, -0.2) is 45.5 Å². The lowest BCUT2D eigenvalue weighted by molar-refractivity contribution is -0.145. The normalized spacial score (nSPS) is 12.9. The molecule has 0 aliphatic rings. The van der Waals surface area contributed by atoms with Crippen molar-refractivity contribution in [2.24, 2.45) is 0 Å². The molecule has 3 rings (SSSR count). The van der Waals surface area contributed by atoms with Crippen molar-refractivity contribution in [1.82, 2.24) is 4.31 Å². The number of carboxylic acids is 1. The van der Waals surface area contributed by atoms with E-state index in [4.69, 9.17) is 4.74 Å². The molecule has 0 bridgehead atoms. The fourth-order valence-electron chi connectivity index (χ4n) is 3.14. The summed E-state index contributed by atoms with van der Waals surface area (Å²) in [6.07, 6.45) is -0.482. The maximum atomic E-state index is 13.5. The maximum Gasteiger partial charge on any atom is 0.349 e. The van der Waals surface area contributed by atoms with Gasteiger partial charge in [0, 0.05) is 25.4 Å². The number of ether oxygens (including phenoxy) is 1. The summed E-state index contributed by atoms with van der Waals surface area (Å²) in [5.41, 5.74) is 0.638. The average molecular weight is 526 g/mol. The second-order valence-electron chi connectivity index (χ2n) is 7.66. The third kappa shape index (κ3) is 6.21. The highest BCUT2D eigenvalue weighted by Gasteiger charge is 2.25. The molecule has 1 unspecified atom stereocenters. The van der Waals surface area contributed by atoms with Gasteiger partial charge in [-0.2, -0.15) is 4.31 Å². The molecule has 0 aliphatic heterocycles. The van der Waals surface area contributed by atoms with Crippen molar-refractivity contribution in [3.63, 3.8) is 0 Å². The summed E-state index contributed by atoms with van der Waals surface area (Å²) >= 11 is 0. The molecule has 0 fully saturated rings. The summed E-state index contributed by atoms with van der Waals surface area (Å²) in [6.45, 7) is -0.111. The Kier molecular flexibility index (Phi) is 7.58. The van der Waals surface area contributed by atoms with E-state index in [9.17, 15) is 35.5 Å². The first-order valence-corrected chi connectivity index (χ1v) is 13.3. The molecule has 0 aliphatic carbocycles. The highest BCUT2D eigenvalue weighted by Crippen LogP contribution is 2.26. The monoisotopic (exact) mass is 525 g/mol. The van der Waals surface area contributed by atoms with Crippen LogP contribution in [0.25, 0.3) is 0 Å². The van der Waals surface area contributed by atoms with Gasteiger partial charge >= 0.3 is 5.97 Å². The molecule has 0 spiro atoms. The molecule has 0 heterocycles. The molecule has 0 radical (unpaired) electrons. The Balaban J connectivity index is 1.76.